The van der Waals surface area contributed by atoms with Crippen LogP contribution in [-0.4, -0.2) is 185 Å². The van der Waals surface area contributed by atoms with Crippen molar-refractivity contribution in [3.05, 3.63) is 35.9 Å². The number of aliphatic hydroxyl groups excluding tert-OH is 1. The van der Waals surface area contributed by atoms with Gasteiger partial charge in [-0.3, -0.25) is 57.7 Å². The summed E-state index contributed by atoms with van der Waals surface area (Å²) >= 11 is 0. The quantitative estimate of drug-likeness (QED) is 0.0200. The highest BCUT2D eigenvalue weighted by Crippen LogP contribution is 2.21. The molecule has 0 aromatic heterocycles. The van der Waals surface area contributed by atoms with Gasteiger partial charge in [0.1, 0.15) is 48.3 Å². The number of hydrogen-bond donors (Lipinski definition) is 11. The van der Waals surface area contributed by atoms with Crippen LogP contribution >= 0.6 is 0 Å². The molecule has 11 atom stereocenters. The fourth-order valence-corrected chi connectivity index (χ4v) is 8.46. The number of nitrogens with two attached hydrogens (primary N) is 3. The second-order valence-electron chi connectivity index (χ2n) is 20.0. The van der Waals surface area contributed by atoms with Crippen LogP contribution in [0, 0.1) is 11.8 Å². The number of nitrogens with one attached hydrogen (secondary N) is 7. The minimum absolute atomic E-state index is 0.0208. The van der Waals surface area contributed by atoms with E-state index in [1.165, 1.54) is 39.8 Å². The summed E-state index contributed by atoms with van der Waals surface area (Å²) in [5, 5.41) is 29.5. The van der Waals surface area contributed by atoms with E-state index in [-0.39, 0.29) is 63.6 Å². The Labute approximate surface area is 457 Å². The van der Waals surface area contributed by atoms with Gasteiger partial charge >= 0.3 is 0 Å². The van der Waals surface area contributed by atoms with Crippen LogP contribution in [0.4, 0.5) is 0 Å². The largest absolute Gasteiger partial charge is 0.391 e. The molecule has 78 heavy (non-hydrogen) atoms. The van der Waals surface area contributed by atoms with E-state index in [0.717, 1.165) is 9.80 Å². The van der Waals surface area contributed by atoms with Crippen LogP contribution < -0.4 is 54.4 Å². The molecule has 0 unspecified atom stereocenters. The average Bonchev–Trinajstić information content (AvgIpc) is 3.90. The summed E-state index contributed by atoms with van der Waals surface area (Å²) in [7, 11) is 2.73. The fraction of sp³-hybridized carbons (Fsp3) is 0.654. The lowest BCUT2D eigenvalue weighted by atomic mass is 9.96. The number of primary amides is 1. The Morgan fingerprint density at radius 2 is 1.31 bits per heavy atom. The minimum atomic E-state index is -1.65. The van der Waals surface area contributed by atoms with Crippen LogP contribution in [0.25, 0.3) is 0 Å². The Morgan fingerprint density at radius 3 is 1.85 bits per heavy atom. The van der Waals surface area contributed by atoms with Gasteiger partial charge in [-0.05, 0) is 63.4 Å². The molecular weight excluding hydrogens is 1010 g/mol. The predicted molar refractivity (Wildman–Crippen MR) is 290 cm³/mol. The van der Waals surface area contributed by atoms with Gasteiger partial charge in [0.2, 0.25) is 65.0 Å². The highest BCUT2D eigenvalue weighted by Gasteiger charge is 2.41. The Kier molecular flexibility index (Phi) is 28.3. The number of likely N-dealkylation sites (N-methyl/N-ethyl adjacent to an activating group) is 2. The highest BCUT2D eigenvalue weighted by molar-refractivity contribution is 5.99. The van der Waals surface area contributed by atoms with E-state index in [0.29, 0.717) is 31.2 Å². The van der Waals surface area contributed by atoms with Crippen molar-refractivity contribution in [2.24, 2.45) is 34.0 Å². The Morgan fingerprint density at radius 1 is 0.731 bits per heavy atom. The zero-order valence-corrected chi connectivity index (χ0v) is 46.9. The normalized spacial score (nSPS) is 16.8. The number of hydrogen-bond acceptors (Lipinski definition) is 13. The first-order valence-corrected chi connectivity index (χ1v) is 26.6. The number of carbonyl (C=O) groups is 11. The Bertz CT molecular complexity index is 2260. The van der Waals surface area contributed by atoms with E-state index in [2.05, 4.69) is 42.2 Å². The maximum Gasteiger partial charge on any atom is 0.248 e. The molecule has 26 nitrogen and oxygen atoms in total. The monoisotopic (exact) mass is 1100 g/mol. The van der Waals surface area contributed by atoms with Crippen molar-refractivity contribution in [1.82, 2.24) is 51.9 Å². The van der Waals surface area contributed by atoms with Crippen LogP contribution in [-0.2, 0) is 59.2 Å². The summed E-state index contributed by atoms with van der Waals surface area (Å²) in [5.74, 6) is -8.92. The van der Waals surface area contributed by atoms with Gasteiger partial charge in [-0.25, -0.2) is 0 Å². The van der Waals surface area contributed by atoms with Crippen molar-refractivity contribution in [2.75, 3.05) is 40.3 Å². The van der Waals surface area contributed by atoms with Gasteiger partial charge in [-0.2, -0.15) is 0 Å². The number of aliphatic imine (C=N–C) groups is 1. The first-order valence-electron chi connectivity index (χ1n) is 26.6. The zero-order chi connectivity index (χ0) is 59.0. The summed E-state index contributed by atoms with van der Waals surface area (Å²) in [4.78, 5) is 155. The van der Waals surface area contributed by atoms with Gasteiger partial charge in [0.05, 0.1) is 19.2 Å². The molecule has 1 aliphatic rings. The average molecular weight is 1100 g/mol. The molecule has 0 bridgehead atoms. The summed E-state index contributed by atoms with van der Waals surface area (Å²) in [6.07, 6.45) is 0.617. The van der Waals surface area contributed by atoms with Crippen molar-refractivity contribution < 1.29 is 57.8 Å². The Balaban J connectivity index is 2.40. The van der Waals surface area contributed by atoms with Gasteiger partial charge < -0.3 is 74.2 Å². The molecule has 1 fully saturated rings. The number of guanidine groups is 1. The first kappa shape index (κ1) is 66.7. The van der Waals surface area contributed by atoms with E-state index < -0.39 is 132 Å². The number of aliphatic hydroxyl groups is 1. The van der Waals surface area contributed by atoms with E-state index in [1.807, 2.05) is 0 Å². The van der Waals surface area contributed by atoms with Crippen molar-refractivity contribution in [3.63, 3.8) is 0 Å². The molecule has 14 N–H and O–H groups in total. The number of nitrogens with zero attached hydrogens (tertiary/aromatic N) is 4. The second kappa shape index (κ2) is 33.0. The molecule has 1 aromatic rings. The molecule has 2 rings (SSSR count). The van der Waals surface area contributed by atoms with Crippen molar-refractivity contribution in [3.8, 4) is 0 Å². The number of carbonyl (C=O) groups excluding carboxylic acids is 11. The molecule has 1 heterocycles. The minimum Gasteiger partial charge on any atom is -0.391 e. The maximum atomic E-state index is 14.4. The SMILES string of the molecule is CCC[C@@H](C(=O)N[C@H](C(=O)N[C@@H](CCCN=C(N)N)C(=O)N1CCC[C@H]1C(=O)N[C@H](C)C(N)=O)[C@@H](C)CC)N(C)C(=O)[C@@H](NC(=O)[C@H](NC(=O)[C@H](Cc1ccccc1)NC(=O)CNC(=O)CN(C)C(C)=O)[C@@H](C)CC)[C@@H](C)O. The van der Waals surface area contributed by atoms with Crippen LogP contribution in [0.1, 0.15) is 112 Å². The molecular formula is C52H86N14O12. The number of amides is 11. The molecule has 1 saturated heterocycles. The van der Waals surface area contributed by atoms with E-state index >= 15 is 0 Å². The summed E-state index contributed by atoms with van der Waals surface area (Å²) in [6.45, 7) is 12.1. The molecule has 11 amide bonds. The summed E-state index contributed by atoms with van der Waals surface area (Å²) in [5.41, 5.74) is 17.0. The Hall–Kier alpha value is -7.38. The number of benzene rings is 1. The number of likely N-dealkylation sites (tertiary alicyclic amines) is 1. The lowest BCUT2D eigenvalue weighted by molar-refractivity contribution is -0.146. The second-order valence-corrected chi connectivity index (χ2v) is 20.0. The van der Waals surface area contributed by atoms with Crippen molar-refractivity contribution in [2.45, 2.75) is 168 Å². The standard InChI is InChI=1S/C52H86N14O12/c1-11-19-37(46(73)62-41(29(4)12-2)48(75)60-35(22-17-24-56-52(54)55)50(77)66-25-18-23-38(66)47(74)58-31(6)44(53)71)65(10)51(78)43(32(7)67)63-49(76)42(30(5)13-3)61-45(72)36(26-34-20-15-14-16-21-34)59-39(69)27-57-40(70)28-64(9)33(8)68/h14-16,20-21,29-32,35-38,41-43,67H,11-13,17-19,22-28H2,1-10H3,(H2,53,71)(H,57,70)(H,58,74)(H,59,69)(H,60,75)(H,61,72)(H,62,73)(H,63,76)(H4,54,55,56)/t29-,30-,31+,32+,35-,36-,37-,38-,41-,42+,43-/m0/s1. The van der Waals surface area contributed by atoms with Crippen LogP contribution in [0.2, 0.25) is 0 Å². The molecule has 0 aliphatic carbocycles. The van der Waals surface area contributed by atoms with Crippen molar-refractivity contribution >= 4 is 70.9 Å². The van der Waals surface area contributed by atoms with Crippen LogP contribution in [0.5, 0.6) is 0 Å². The first-order chi connectivity index (χ1) is 36.7. The van der Waals surface area contributed by atoms with Crippen LogP contribution in [0.3, 0.4) is 0 Å². The van der Waals surface area contributed by atoms with Gasteiger partial charge in [-0.15, -0.1) is 0 Å². The zero-order valence-electron chi connectivity index (χ0n) is 46.9. The predicted octanol–water partition coefficient (Wildman–Crippen LogP) is -2.62. The smallest absolute Gasteiger partial charge is 0.248 e. The van der Waals surface area contributed by atoms with Gasteiger partial charge in [0, 0.05) is 40.5 Å². The highest BCUT2D eigenvalue weighted by atomic mass is 16.3. The van der Waals surface area contributed by atoms with E-state index in [4.69, 9.17) is 17.2 Å². The van der Waals surface area contributed by atoms with Gasteiger partial charge in [-0.1, -0.05) is 84.2 Å². The summed E-state index contributed by atoms with van der Waals surface area (Å²) in [6, 6.07) is -1.21. The third kappa shape index (κ3) is 21.2. The lowest BCUT2D eigenvalue weighted by Gasteiger charge is -2.35. The maximum absolute atomic E-state index is 14.4. The van der Waals surface area contributed by atoms with Crippen LogP contribution in [0.15, 0.2) is 35.3 Å². The fourth-order valence-electron chi connectivity index (χ4n) is 8.46. The van der Waals surface area contributed by atoms with Gasteiger partial charge in [0.25, 0.3) is 0 Å². The molecule has 26 heteroatoms. The third-order valence-electron chi connectivity index (χ3n) is 13.8. The van der Waals surface area contributed by atoms with Gasteiger partial charge in [0.15, 0.2) is 5.96 Å². The topological polar surface area (TPSA) is 392 Å². The molecule has 0 saturated carbocycles. The number of rotatable bonds is 32. The van der Waals surface area contributed by atoms with E-state index in [9.17, 15) is 57.8 Å². The summed E-state index contributed by atoms with van der Waals surface area (Å²) < 4.78 is 0. The molecule has 0 radical (unpaired) electrons. The molecule has 436 valence electrons. The van der Waals surface area contributed by atoms with E-state index in [1.54, 1.807) is 65.0 Å². The molecule has 1 aliphatic heterocycles. The molecule has 1 aromatic carbocycles. The van der Waals surface area contributed by atoms with Crippen molar-refractivity contribution in [1.29, 1.82) is 0 Å². The lowest BCUT2D eigenvalue weighted by Crippen LogP contribution is -2.63. The molecule has 0 spiro atoms. The third-order valence-corrected chi connectivity index (χ3v) is 13.8.